The van der Waals surface area contributed by atoms with E-state index in [1.165, 1.54) is 0 Å². The maximum absolute atomic E-state index is 11.3. The third-order valence-electron chi connectivity index (χ3n) is 1.86. The molecule has 0 spiro atoms. The minimum absolute atomic E-state index is 0.152. The predicted molar refractivity (Wildman–Crippen MR) is 53.2 cm³/mol. The van der Waals surface area contributed by atoms with Crippen molar-refractivity contribution in [3.8, 4) is 5.75 Å². The number of H-pyrrole nitrogens is 2. The Morgan fingerprint density at radius 1 is 1.38 bits per heavy atom. The fourth-order valence-electron chi connectivity index (χ4n) is 1.26. The highest BCUT2D eigenvalue weighted by molar-refractivity contribution is 9.10. The average Bonchev–Trinajstić information content (AvgIpc) is 2.50. The highest BCUT2D eigenvalue weighted by atomic mass is 79.9. The van der Waals surface area contributed by atoms with E-state index in [1.54, 1.807) is 19.2 Å². The molecule has 0 aliphatic heterocycles. The maximum Gasteiger partial charge on any atom is 0.273 e. The summed E-state index contributed by atoms with van der Waals surface area (Å²) >= 11 is 3.29. The van der Waals surface area contributed by atoms with Crippen molar-refractivity contribution < 1.29 is 4.74 Å². The molecular weight excluding hydrogens is 236 g/mol. The van der Waals surface area contributed by atoms with Crippen molar-refractivity contribution >= 4 is 26.8 Å². The van der Waals surface area contributed by atoms with Gasteiger partial charge in [0.1, 0.15) is 11.3 Å². The van der Waals surface area contributed by atoms with Gasteiger partial charge in [0.15, 0.2) is 0 Å². The molecule has 4 nitrogen and oxygen atoms in total. The first kappa shape index (κ1) is 8.37. The fourth-order valence-corrected chi connectivity index (χ4v) is 1.77. The summed E-state index contributed by atoms with van der Waals surface area (Å²) in [6, 6.07) is 3.57. The van der Waals surface area contributed by atoms with Crippen LogP contribution in [0.3, 0.4) is 0 Å². The standard InChI is InChI=1S/C8H7BrN2O2/c1-13-5-3-2-4(9)6-7(5)10-11-8(6)12/h2-3H,1H3,(H2,10,11,12). The van der Waals surface area contributed by atoms with Crippen LogP contribution in [-0.4, -0.2) is 17.3 Å². The van der Waals surface area contributed by atoms with Crippen LogP contribution in [0.5, 0.6) is 5.75 Å². The zero-order valence-electron chi connectivity index (χ0n) is 6.85. The zero-order chi connectivity index (χ0) is 9.42. The molecule has 2 N–H and O–H groups in total. The summed E-state index contributed by atoms with van der Waals surface area (Å²) in [6.45, 7) is 0. The van der Waals surface area contributed by atoms with Gasteiger partial charge in [0.2, 0.25) is 0 Å². The van der Waals surface area contributed by atoms with Crippen molar-refractivity contribution in [2.75, 3.05) is 7.11 Å². The molecule has 1 heterocycles. The lowest BCUT2D eigenvalue weighted by Crippen LogP contribution is -1.98. The molecule has 0 aliphatic carbocycles. The Kier molecular flexibility index (Phi) is 1.88. The second-order valence-electron chi connectivity index (χ2n) is 2.58. The lowest BCUT2D eigenvalue weighted by atomic mass is 10.2. The van der Waals surface area contributed by atoms with Crippen LogP contribution in [0, 0.1) is 0 Å². The van der Waals surface area contributed by atoms with Gasteiger partial charge in [-0.05, 0) is 28.1 Å². The summed E-state index contributed by atoms with van der Waals surface area (Å²) in [5.41, 5.74) is 0.530. The Morgan fingerprint density at radius 3 is 2.85 bits per heavy atom. The number of fused-ring (bicyclic) bond motifs is 1. The lowest BCUT2D eigenvalue weighted by Gasteiger charge is -2.00. The molecule has 0 unspecified atom stereocenters. The van der Waals surface area contributed by atoms with Crippen LogP contribution in [0.2, 0.25) is 0 Å². The summed E-state index contributed by atoms with van der Waals surface area (Å²) in [4.78, 5) is 11.3. The van der Waals surface area contributed by atoms with Gasteiger partial charge >= 0.3 is 0 Å². The van der Waals surface area contributed by atoms with E-state index in [4.69, 9.17) is 4.74 Å². The van der Waals surface area contributed by atoms with Gasteiger partial charge in [0.05, 0.1) is 12.5 Å². The number of aromatic nitrogens is 2. The Hall–Kier alpha value is -1.23. The summed E-state index contributed by atoms with van der Waals surface area (Å²) in [6.07, 6.45) is 0. The highest BCUT2D eigenvalue weighted by Crippen LogP contribution is 2.27. The van der Waals surface area contributed by atoms with Gasteiger partial charge in [-0.3, -0.25) is 15.0 Å². The first-order valence-electron chi connectivity index (χ1n) is 3.67. The van der Waals surface area contributed by atoms with E-state index in [0.717, 1.165) is 4.47 Å². The number of ether oxygens (including phenoxy) is 1. The van der Waals surface area contributed by atoms with Crippen molar-refractivity contribution in [1.29, 1.82) is 0 Å². The summed E-state index contributed by atoms with van der Waals surface area (Å²) in [5.74, 6) is 0.650. The molecule has 2 aromatic rings. The third-order valence-corrected chi connectivity index (χ3v) is 2.53. The molecule has 5 heteroatoms. The van der Waals surface area contributed by atoms with Gasteiger partial charge in [-0.2, -0.15) is 0 Å². The second-order valence-corrected chi connectivity index (χ2v) is 3.43. The van der Waals surface area contributed by atoms with Crippen LogP contribution < -0.4 is 10.3 Å². The Balaban J connectivity index is 2.95. The van der Waals surface area contributed by atoms with Crippen molar-refractivity contribution in [2.45, 2.75) is 0 Å². The summed E-state index contributed by atoms with van der Waals surface area (Å²) in [5, 5.41) is 5.84. The average molecular weight is 243 g/mol. The van der Waals surface area contributed by atoms with Gasteiger partial charge < -0.3 is 4.74 Å². The first-order chi connectivity index (χ1) is 6.24. The van der Waals surface area contributed by atoms with Crippen LogP contribution in [-0.2, 0) is 0 Å². The molecule has 0 aliphatic rings. The second kappa shape index (κ2) is 2.92. The molecule has 13 heavy (non-hydrogen) atoms. The largest absolute Gasteiger partial charge is 0.494 e. The Morgan fingerprint density at radius 2 is 2.15 bits per heavy atom. The zero-order valence-corrected chi connectivity index (χ0v) is 8.44. The van der Waals surface area contributed by atoms with Gasteiger partial charge in [-0.1, -0.05) is 0 Å². The SMILES string of the molecule is COc1ccc(Br)c2c(=O)[nH][nH]c12. The quantitative estimate of drug-likeness (QED) is 0.799. The molecule has 1 aromatic heterocycles. The number of hydrogen-bond acceptors (Lipinski definition) is 2. The number of halogens is 1. The number of methoxy groups -OCH3 is 1. The maximum atomic E-state index is 11.3. The fraction of sp³-hybridized carbons (Fsp3) is 0.125. The molecule has 0 saturated carbocycles. The molecule has 68 valence electrons. The number of nitrogens with one attached hydrogen (secondary N) is 2. The van der Waals surface area contributed by atoms with E-state index in [0.29, 0.717) is 16.7 Å². The summed E-state index contributed by atoms with van der Waals surface area (Å²) in [7, 11) is 1.56. The predicted octanol–water partition coefficient (Wildman–Crippen LogP) is 1.63. The van der Waals surface area contributed by atoms with Gasteiger partial charge in [-0.15, -0.1) is 0 Å². The summed E-state index contributed by atoms with van der Waals surface area (Å²) < 4.78 is 5.84. The van der Waals surface area contributed by atoms with Crippen molar-refractivity contribution in [3.63, 3.8) is 0 Å². The normalized spacial score (nSPS) is 10.6. The molecular formula is C8H7BrN2O2. The van der Waals surface area contributed by atoms with Gasteiger partial charge in [0.25, 0.3) is 5.56 Å². The number of benzene rings is 1. The molecule has 0 fully saturated rings. The van der Waals surface area contributed by atoms with Crippen molar-refractivity contribution in [2.24, 2.45) is 0 Å². The van der Waals surface area contributed by atoms with E-state index in [-0.39, 0.29) is 5.56 Å². The molecule has 0 saturated heterocycles. The first-order valence-corrected chi connectivity index (χ1v) is 4.46. The van der Waals surface area contributed by atoms with Crippen LogP contribution >= 0.6 is 15.9 Å². The number of hydrogen-bond donors (Lipinski definition) is 2. The van der Waals surface area contributed by atoms with Crippen molar-refractivity contribution in [3.05, 3.63) is 27.0 Å². The van der Waals surface area contributed by atoms with Crippen LogP contribution in [0.1, 0.15) is 0 Å². The molecule has 0 atom stereocenters. The molecule has 0 amide bonds. The van der Waals surface area contributed by atoms with E-state index < -0.39 is 0 Å². The minimum Gasteiger partial charge on any atom is -0.494 e. The van der Waals surface area contributed by atoms with Gasteiger partial charge in [0, 0.05) is 4.47 Å². The van der Waals surface area contributed by atoms with Crippen LogP contribution in [0.15, 0.2) is 21.4 Å². The molecule has 0 radical (unpaired) electrons. The highest BCUT2D eigenvalue weighted by Gasteiger charge is 2.09. The van der Waals surface area contributed by atoms with E-state index in [9.17, 15) is 4.79 Å². The van der Waals surface area contributed by atoms with Crippen molar-refractivity contribution in [1.82, 2.24) is 10.2 Å². The molecule has 2 rings (SSSR count). The lowest BCUT2D eigenvalue weighted by molar-refractivity contribution is 0.418. The molecule has 1 aromatic carbocycles. The van der Waals surface area contributed by atoms with E-state index >= 15 is 0 Å². The number of rotatable bonds is 1. The van der Waals surface area contributed by atoms with Gasteiger partial charge in [-0.25, -0.2) is 0 Å². The third kappa shape index (κ3) is 1.16. The molecule has 0 bridgehead atoms. The monoisotopic (exact) mass is 242 g/mol. The topological polar surface area (TPSA) is 57.9 Å². The van der Waals surface area contributed by atoms with Crippen LogP contribution in [0.25, 0.3) is 10.9 Å². The van der Waals surface area contributed by atoms with E-state index in [1.807, 2.05) is 0 Å². The minimum atomic E-state index is -0.152. The number of aromatic amines is 2. The van der Waals surface area contributed by atoms with E-state index in [2.05, 4.69) is 26.1 Å². The Bertz CT molecular complexity index is 500. The van der Waals surface area contributed by atoms with Crippen LogP contribution in [0.4, 0.5) is 0 Å². The Labute approximate surface area is 82.0 Å². The smallest absolute Gasteiger partial charge is 0.273 e.